The molecule has 11 heteroatoms. The molecule has 0 atom stereocenters. The van der Waals surface area contributed by atoms with Crippen molar-refractivity contribution in [1.82, 2.24) is 19.9 Å². The number of carbonyl (C=O) groups is 4. The Kier molecular flexibility index (Phi) is 9.57. The summed E-state index contributed by atoms with van der Waals surface area (Å²) in [5.74, 6) is 0.265. The van der Waals surface area contributed by atoms with Gasteiger partial charge in [-0.2, -0.15) is 0 Å². The van der Waals surface area contributed by atoms with Crippen LogP contribution in [0.2, 0.25) is 0 Å². The fraction of sp³-hybridized carbons (Fsp3) is 0.265. The first-order valence-electron chi connectivity index (χ1n) is 14.8. The number of aromatic nitrogens is 3. The smallest absolute Gasteiger partial charge is 0.258 e. The third kappa shape index (κ3) is 7.38. The number of nitrogens with zero attached hydrogens (tertiary/aromatic N) is 5. The van der Waals surface area contributed by atoms with E-state index in [1.165, 1.54) is 11.1 Å². The molecule has 0 unspecified atom stereocenters. The van der Waals surface area contributed by atoms with E-state index < -0.39 is 0 Å². The highest BCUT2D eigenvalue weighted by atomic mass is 16.2. The van der Waals surface area contributed by atoms with Gasteiger partial charge in [0.05, 0.1) is 5.56 Å². The maximum Gasteiger partial charge on any atom is 0.258 e. The lowest BCUT2D eigenvalue weighted by Crippen LogP contribution is -2.38. The Morgan fingerprint density at radius 2 is 1.51 bits per heavy atom. The highest BCUT2D eigenvalue weighted by Gasteiger charge is 2.25. The van der Waals surface area contributed by atoms with Crippen molar-refractivity contribution in [3.8, 4) is 0 Å². The predicted octanol–water partition coefficient (Wildman–Crippen LogP) is 5.08. The Labute approximate surface area is 261 Å². The van der Waals surface area contributed by atoms with Gasteiger partial charge >= 0.3 is 0 Å². The number of piperidine rings is 1. The largest absolute Gasteiger partial charge is 0.339 e. The number of hydrogen-bond acceptors (Lipinski definition) is 7. The van der Waals surface area contributed by atoms with Gasteiger partial charge in [0.15, 0.2) is 0 Å². The van der Waals surface area contributed by atoms with Crippen LogP contribution in [0.15, 0.2) is 79.3 Å². The van der Waals surface area contributed by atoms with E-state index in [-0.39, 0.29) is 35.6 Å². The van der Waals surface area contributed by atoms with Gasteiger partial charge < -0.3 is 10.2 Å². The Bertz CT molecular complexity index is 1670. The van der Waals surface area contributed by atoms with Crippen LogP contribution in [0.25, 0.3) is 0 Å². The summed E-state index contributed by atoms with van der Waals surface area (Å²) in [5.41, 5.74) is 3.85. The van der Waals surface area contributed by atoms with E-state index in [0.717, 1.165) is 24.0 Å². The van der Waals surface area contributed by atoms with Crippen LogP contribution in [0.1, 0.15) is 74.8 Å². The molecule has 1 aliphatic heterocycles. The van der Waals surface area contributed by atoms with E-state index in [4.69, 9.17) is 0 Å². The monoisotopic (exact) mass is 605 g/mol. The van der Waals surface area contributed by atoms with Gasteiger partial charge in [0, 0.05) is 54.5 Å². The lowest BCUT2D eigenvalue weighted by Gasteiger charge is -2.32. The molecule has 0 radical (unpaired) electrons. The molecule has 5 rings (SSSR count). The SMILES string of the molecule is Cc1ccc(C(=O)N2CCC(c3ccc(C(=O)Nc4ncccn4)cc3)CC2)cc1NC(=O)c1ccc(N(C=O)C(C)C)nc1. The number of aryl methyl sites for hydroxylation is 1. The summed E-state index contributed by atoms with van der Waals surface area (Å²) < 4.78 is 0. The highest BCUT2D eigenvalue weighted by Crippen LogP contribution is 2.29. The topological polar surface area (TPSA) is 137 Å². The Balaban J connectivity index is 1.17. The van der Waals surface area contributed by atoms with E-state index in [1.54, 1.807) is 54.9 Å². The molecule has 0 saturated carbocycles. The summed E-state index contributed by atoms with van der Waals surface area (Å²) in [6.45, 7) is 6.81. The number of hydrogen-bond donors (Lipinski definition) is 2. The highest BCUT2D eigenvalue weighted by molar-refractivity contribution is 6.05. The van der Waals surface area contributed by atoms with E-state index in [2.05, 4.69) is 25.6 Å². The average Bonchev–Trinajstić information content (AvgIpc) is 3.06. The number of anilines is 3. The first-order valence-corrected chi connectivity index (χ1v) is 14.8. The molecule has 1 saturated heterocycles. The average molecular weight is 606 g/mol. The Morgan fingerprint density at radius 1 is 0.867 bits per heavy atom. The van der Waals surface area contributed by atoms with Crippen LogP contribution in [0.5, 0.6) is 0 Å². The molecule has 3 heterocycles. The normalized spacial score (nSPS) is 13.3. The second-order valence-corrected chi connectivity index (χ2v) is 11.2. The number of carbonyl (C=O) groups excluding carboxylic acids is 4. The van der Waals surface area contributed by atoms with Gasteiger partial charge in [-0.3, -0.25) is 29.4 Å². The van der Waals surface area contributed by atoms with Crippen LogP contribution in [0.3, 0.4) is 0 Å². The maximum atomic E-state index is 13.4. The fourth-order valence-electron chi connectivity index (χ4n) is 5.24. The van der Waals surface area contributed by atoms with Crippen LogP contribution in [0, 0.1) is 6.92 Å². The van der Waals surface area contributed by atoms with Gasteiger partial charge in [0.25, 0.3) is 17.7 Å². The molecular weight excluding hydrogens is 570 g/mol. The molecule has 0 bridgehead atoms. The first kappa shape index (κ1) is 31.0. The lowest BCUT2D eigenvalue weighted by atomic mass is 9.88. The second kappa shape index (κ2) is 13.9. The molecule has 1 aliphatic rings. The molecule has 4 amide bonds. The number of benzene rings is 2. The van der Waals surface area contributed by atoms with E-state index in [9.17, 15) is 19.2 Å². The molecule has 45 heavy (non-hydrogen) atoms. The molecule has 1 fully saturated rings. The number of nitrogens with one attached hydrogen (secondary N) is 2. The van der Waals surface area contributed by atoms with Gasteiger partial charge in [0.1, 0.15) is 5.82 Å². The molecule has 2 N–H and O–H groups in total. The van der Waals surface area contributed by atoms with Gasteiger partial charge in [-0.1, -0.05) is 18.2 Å². The molecule has 0 spiro atoms. The summed E-state index contributed by atoms with van der Waals surface area (Å²) in [6, 6.07) is 17.7. The van der Waals surface area contributed by atoms with Crippen LogP contribution < -0.4 is 15.5 Å². The molecule has 2 aromatic heterocycles. The fourth-order valence-corrected chi connectivity index (χ4v) is 5.24. The first-order chi connectivity index (χ1) is 21.7. The molecular formula is C34H35N7O4. The third-order valence-electron chi connectivity index (χ3n) is 7.89. The molecule has 0 aliphatic carbocycles. The summed E-state index contributed by atoms with van der Waals surface area (Å²) >= 11 is 0. The molecule has 4 aromatic rings. The lowest BCUT2D eigenvalue weighted by molar-refractivity contribution is -0.107. The number of rotatable bonds is 9. The van der Waals surface area contributed by atoms with Gasteiger partial charge in [-0.15, -0.1) is 0 Å². The Morgan fingerprint density at radius 3 is 2.13 bits per heavy atom. The summed E-state index contributed by atoms with van der Waals surface area (Å²) in [6.07, 6.45) is 6.87. The minimum Gasteiger partial charge on any atom is -0.339 e. The standard InChI is InChI=1S/C34H35N7O4/c1-22(2)41(21-42)30-12-11-28(20-37-30)32(44)38-29-19-27(6-5-23(29)3)33(45)40-17-13-25(14-18-40)24-7-9-26(10-8-24)31(43)39-34-35-15-4-16-36-34/h4-12,15-16,19-22,25H,13-14,17-18H2,1-3H3,(H,38,44)(H,35,36,39,43). The van der Waals surface area contributed by atoms with Crippen molar-refractivity contribution in [3.05, 3.63) is 107 Å². The summed E-state index contributed by atoms with van der Waals surface area (Å²) in [5, 5.41) is 5.58. The summed E-state index contributed by atoms with van der Waals surface area (Å²) in [4.78, 5) is 65.9. The maximum absolute atomic E-state index is 13.4. The zero-order valence-electron chi connectivity index (χ0n) is 25.4. The minimum atomic E-state index is -0.360. The number of amides is 4. The van der Waals surface area contributed by atoms with Crippen molar-refractivity contribution < 1.29 is 19.2 Å². The molecule has 2 aromatic carbocycles. The summed E-state index contributed by atoms with van der Waals surface area (Å²) in [7, 11) is 0. The van der Waals surface area contributed by atoms with Gasteiger partial charge in [0.2, 0.25) is 12.4 Å². The second-order valence-electron chi connectivity index (χ2n) is 11.2. The number of pyridine rings is 1. The van der Waals surface area contributed by atoms with Crippen molar-refractivity contribution >= 4 is 41.6 Å². The van der Waals surface area contributed by atoms with Crippen LogP contribution >= 0.6 is 0 Å². The van der Waals surface area contributed by atoms with E-state index in [0.29, 0.717) is 47.7 Å². The van der Waals surface area contributed by atoms with Crippen LogP contribution in [-0.4, -0.2) is 63.1 Å². The zero-order chi connectivity index (χ0) is 31.9. The quantitative estimate of drug-likeness (QED) is 0.254. The zero-order valence-corrected chi connectivity index (χ0v) is 25.4. The molecule has 11 nitrogen and oxygen atoms in total. The van der Waals surface area contributed by atoms with Crippen molar-refractivity contribution in [2.45, 2.75) is 45.6 Å². The van der Waals surface area contributed by atoms with Gasteiger partial charge in [-0.05, 0) is 93.1 Å². The van der Waals surface area contributed by atoms with E-state index >= 15 is 0 Å². The van der Waals surface area contributed by atoms with Crippen LogP contribution in [0.4, 0.5) is 17.5 Å². The predicted molar refractivity (Wildman–Crippen MR) is 171 cm³/mol. The van der Waals surface area contributed by atoms with Crippen molar-refractivity contribution in [3.63, 3.8) is 0 Å². The molecule has 230 valence electrons. The van der Waals surface area contributed by atoms with Crippen LogP contribution in [-0.2, 0) is 4.79 Å². The van der Waals surface area contributed by atoms with Crippen molar-refractivity contribution in [2.75, 3.05) is 28.6 Å². The van der Waals surface area contributed by atoms with Gasteiger partial charge in [-0.25, -0.2) is 15.0 Å². The van der Waals surface area contributed by atoms with Crippen molar-refractivity contribution in [1.29, 1.82) is 0 Å². The van der Waals surface area contributed by atoms with Crippen molar-refractivity contribution in [2.24, 2.45) is 0 Å². The minimum absolute atomic E-state index is 0.0636. The number of likely N-dealkylation sites (tertiary alicyclic amines) is 1. The van der Waals surface area contributed by atoms with E-state index in [1.807, 2.05) is 43.9 Å². The third-order valence-corrected chi connectivity index (χ3v) is 7.89. The Hall–Kier alpha value is -5.45.